The number of primary amides is 1. The van der Waals surface area contributed by atoms with Crippen LogP contribution < -0.4 is 11.1 Å². The first-order valence-electron chi connectivity index (χ1n) is 5.30. The zero-order valence-corrected chi connectivity index (χ0v) is 9.41. The smallest absolute Gasteiger partial charge is 0.237 e. The van der Waals surface area contributed by atoms with Gasteiger partial charge in [0, 0.05) is 33.1 Å². The molecule has 0 spiro atoms. The van der Waals surface area contributed by atoms with Gasteiger partial charge < -0.3 is 20.5 Å². The first-order valence-corrected chi connectivity index (χ1v) is 5.30. The molecular weight excluding hydrogens is 196 g/mol. The zero-order chi connectivity index (χ0) is 11.3. The Morgan fingerprint density at radius 2 is 2.27 bits per heavy atom. The maximum Gasteiger partial charge on any atom is 0.237 e. The second-order valence-corrected chi connectivity index (χ2v) is 3.85. The molecule has 1 saturated carbocycles. The van der Waals surface area contributed by atoms with Crippen molar-refractivity contribution < 1.29 is 14.3 Å². The molecule has 0 atom stereocenters. The Labute approximate surface area is 90.3 Å². The van der Waals surface area contributed by atoms with Crippen molar-refractivity contribution in [3.05, 3.63) is 0 Å². The monoisotopic (exact) mass is 216 g/mol. The quantitative estimate of drug-likeness (QED) is 0.570. The van der Waals surface area contributed by atoms with Crippen LogP contribution in [0, 0.1) is 0 Å². The molecule has 0 aromatic heterocycles. The minimum atomic E-state index is -0.571. The van der Waals surface area contributed by atoms with E-state index in [0.717, 1.165) is 0 Å². The first-order chi connectivity index (χ1) is 7.14. The van der Waals surface area contributed by atoms with E-state index in [-0.39, 0.29) is 12.0 Å². The van der Waals surface area contributed by atoms with Crippen LogP contribution in [0.2, 0.25) is 0 Å². The summed E-state index contributed by atoms with van der Waals surface area (Å²) < 4.78 is 10.3. The molecule has 5 nitrogen and oxygen atoms in total. The third-order valence-corrected chi connectivity index (χ3v) is 2.80. The lowest BCUT2D eigenvalue weighted by atomic mass is 9.73. The molecule has 0 aliphatic heterocycles. The molecule has 1 amide bonds. The fraction of sp³-hybridized carbons (Fsp3) is 0.900. The number of carbonyl (C=O) groups excluding carboxylic acids is 1. The molecule has 1 aliphatic rings. The molecule has 88 valence electrons. The summed E-state index contributed by atoms with van der Waals surface area (Å²) in [5, 5.41) is 3.14. The number of amides is 1. The van der Waals surface area contributed by atoms with Crippen LogP contribution in [-0.4, -0.2) is 44.4 Å². The molecule has 0 bridgehead atoms. The average Bonchev–Trinajstić information content (AvgIpc) is 2.13. The van der Waals surface area contributed by atoms with Gasteiger partial charge in [0.2, 0.25) is 5.91 Å². The van der Waals surface area contributed by atoms with Crippen LogP contribution in [0.4, 0.5) is 0 Å². The van der Waals surface area contributed by atoms with E-state index in [2.05, 4.69) is 5.32 Å². The number of nitrogens with one attached hydrogen (secondary N) is 1. The highest BCUT2D eigenvalue weighted by Crippen LogP contribution is 2.34. The fourth-order valence-corrected chi connectivity index (χ4v) is 1.90. The fourth-order valence-electron chi connectivity index (χ4n) is 1.90. The Hall–Kier alpha value is -0.650. The lowest BCUT2D eigenvalue weighted by Gasteiger charge is -2.45. The van der Waals surface area contributed by atoms with Crippen molar-refractivity contribution in [1.29, 1.82) is 0 Å². The normalized spacial score (nSPS) is 29.9. The van der Waals surface area contributed by atoms with E-state index in [4.69, 9.17) is 15.2 Å². The second-order valence-electron chi connectivity index (χ2n) is 3.85. The third-order valence-electron chi connectivity index (χ3n) is 2.80. The van der Waals surface area contributed by atoms with Crippen molar-refractivity contribution in [3.8, 4) is 0 Å². The summed E-state index contributed by atoms with van der Waals surface area (Å²) in [5.41, 5.74) is 4.80. The molecule has 1 rings (SSSR count). The molecule has 0 radical (unpaired) electrons. The number of carbonyl (C=O) groups is 1. The molecule has 0 unspecified atom stereocenters. The highest BCUT2D eigenvalue weighted by molar-refractivity contribution is 5.86. The zero-order valence-electron chi connectivity index (χ0n) is 9.41. The number of hydrogen-bond acceptors (Lipinski definition) is 4. The third kappa shape index (κ3) is 2.90. The maximum atomic E-state index is 11.3. The molecule has 5 heteroatoms. The van der Waals surface area contributed by atoms with E-state index in [1.54, 1.807) is 7.11 Å². The maximum absolute atomic E-state index is 11.3. The van der Waals surface area contributed by atoms with Crippen molar-refractivity contribution in [2.45, 2.75) is 31.4 Å². The van der Waals surface area contributed by atoms with Crippen LogP contribution in [0.25, 0.3) is 0 Å². The topological polar surface area (TPSA) is 73.6 Å². The Kier molecular flexibility index (Phi) is 4.50. The van der Waals surface area contributed by atoms with Gasteiger partial charge in [0.25, 0.3) is 0 Å². The lowest BCUT2D eigenvalue weighted by Crippen LogP contribution is -2.66. The molecule has 15 heavy (non-hydrogen) atoms. The van der Waals surface area contributed by atoms with Gasteiger partial charge in [-0.05, 0) is 6.92 Å². The van der Waals surface area contributed by atoms with Crippen LogP contribution in [0.5, 0.6) is 0 Å². The van der Waals surface area contributed by atoms with Gasteiger partial charge in [-0.2, -0.15) is 0 Å². The van der Waals surface area contributed by atoms with Crippen LogP contribution >= 0.6 is 0 Å². The van der Waals surface area contributed by atoms with Gasteiger partial charge in [0.15, 0.2) is 0 Å². The van der Waals surface area contributed by atoms with Gasteiger partial charge >= 0.3 is 0 Å². The summed E-state index contributed by atoms with van der Waals surface area (Å²) in [6, 6.07) is 0. The summed E-state index contributed by atoms with van der Waals surface area (Å²) in [4.78, 5) is 11.3. The standard InChI is InChI=1S/C10H20N2O3/c1-3-15-8-6-10(7-8,9(11)13)12-4-5-14-2/h8,12H,3-7H2,1-2H3,(H2,11,13). The number of rotatable bonds is 7. The number of hydrogen-bond donors (Lipinski definition) is 2. The van der Waals surface area contributed by atoms with Gasteiger partial charge in [-0.15, -0.1) is 0 Å². The molecule has 3 N–H and O–H groups in total. The van der Waals surface area contributed by atoms with E-state index < -0.39 is 5.54 Å². The molecule has 0 saturated heterocycles. The SMILES string of the molecule is CCOC1CC(NCCOC)(C(N)=O)C1. The lowest BCUT2D eigenvalue weighted by molar-refractivity contribution is -0.136. The van der Waals surface area contributed by atoms with E-state index >= 15 is 0 Å². The van der Waals surface area contributed by atoms with Gasteiger partial charge in [-0.3, -0.25) is 4.79 Å². The minimum Gasteiger partial charge on any atom is -0.383 e. The van der Waals surface area contributed by atoms with Gasteiger partial charge in [-0.1, -0.05) is 0 Å². The minimum absolute atomic E-state index is 0.164. The predicted octanol–water partition coefficient (Wildman–Crippen LogP) is -0.355. The van der Waals surface area contributed by atoms with Crippen LogP contribution in [0.1, 0.15) is 19.8 Å². The largest absolute Gasteiger partial charge is 0.383 e. The second kappa shape index (κ2) is 5.44. The highest BCUT2D eigenvalue weighted by atomic mass is 16.5. The summed E-state index contributed by atoms with van der Waals surface area (Å²) in [6.07, 6.45) is 1.50. The molecule has 0 heterocycles. The average molecular weight is 216 g/mol. The van der Waals surface area contributed by atoms with Crippen molar-refractivity contribution in [2.24, 2.45) is 5.73 Å². The van der Waals surface area contributed by atoms with Crippen molar-refractivity contribution in [3.63, 3.8) is 0 Å². The summed E-state index contributed by atoms with van der Waals surface area (Å²) in [7, 11) is 1.63. The molecule has 1 aliphatic carbocycles. The van der Waals surface area contributed by atoms with Crippen LogP contribution in [-0.2, 0) is 14.3 Å². The van der Waals surface area contributed by atoms with Crippen molar-refractivity contribution in [2.75, 3.05) is 26.9 Å². The molecule has 0 aromatic carbocycles. The predicted molar refractivity (Wildman–Crippen MR) is 56.5 cm³/mol. The van der Waals surface area contributed by atoms with Gasteiger partial charge in [-0.25, -0.2) is 0 Å². The Bertz CT molecular complexity index is 209. The Balaban J connectivity index is 2.36. The number of methoxy groups -OCH3 is 1. The van der Waals surface area contributed by atoms with E-state index in [9.17, 15) is 4.79 Å². The van der Waals surface area contributed by atoms with E-state index in [0.29, 0.717) is 32.6 Å². The Morgan fingerprint density at radius 3 is 2.73 bits per heavy atom. The van der Waals surface area contributed by atoms with Gasteiger partial charge in [0.05, 0.1) is 12.7 Å². The van der Waals surface area contributed by atoms with Crippen LogP contribution in [0.15, 0.2) is 0 Å². The van der Waals surface area contributed by atoms with Gasteiger partial charge in [0.1, 0.15) is 5.54 Å². The first kappa shape index (κ1) is 12.4. The number of nitrogens with two attached hydrogens (primary N) is 1. The summed E-state index contributed by atoms with van der Waals surface area (Å²) in [6.45, 7) is 3.84. The molecule has 0 aromatic rings. The Morgan fingerprint density at radius 1 is 1.60 bits per heavy atom. The summed E-state index contributed by atoms with van der Waals surface area (Å²) in [5.74, 6) is -0.297. The summed E-state index contributed by atoms with van der Waals surface area (Å²) >= 11 is 0. The molecular formula is C10H20N2O3. The van der Waals surface area contributed by atoms with E-state index in [1.165, 1.54) is 0 Å². The van der Waals surface area contributed by atoms with E-state index in [1.807, 2.05) is 6.92 Å². The highest BCUT2D eigenvalue weighted by Gasteiger charge is 2.49. The number of ether oxygens (including phenoxy) is 2. The van der Waals surface area contributed by atoms with Crippen LogP contribution in [0.3, 0.4) is 0 Å². The van der Waals surface area contributed by atoms with Crippen molar-refractivity contribution in [1.82, 2.24) is 5.32 Å². The van der Waals surface area contributed by atoms with Crippen molar-refractivity contribution >= 4 is 5.91 Å². The molecule has 1 fully saturated rings.